The summed E-state index contributed by atoms with van der Waals surface area (Å²) in [7, 11) is 1.37. The molecule has 1 saturated carbocycles. The number of alkyl halides is 1. The fourth-order valence-corrected chi connectivity index (χ4v) is 8.57. The van der Waals surface area contributed by atoms with Crippen molar-refractivity contribution in [2.24, 2.45) is 11.8 Å². The van der Waals surface area contributed by atoms with Crippen LogP contribution in [-0.2, 0) is 10.2 Å². The zero-order valence-electron chi connectivity index (χ0n) is 25.7. The second-order valence-corrected chi connectivity index (χ2v) is 13.4. The molecule has 1 aliphatic carbocycles. The van der Waals surface area contributed by atoms with Crippen LogP contribution < -0.4 is 10.2 Å². The Labute approximate surface area is 262 Å². The van der Waals surface area contributed by atoms with E-state index in [0.29, 0.717) is 13.1 Å². The van der Waals surface area contributed by atoms with Crippen LogP contribution in [0.15, 0.2) is 36.4 Å². The van der Waals surface area contributed by atoms with Crippen LogP contribution in [0.2, 0.25) is 0 Å². The molecule has 0 radical (unpaired) electrons. The van der Waals surface area contributed by atoms with Gasteiger partial charge in [0.1, 0.15) is 11.5 Å². The van der Waals surface area contributed by atoms with Gasteiger partial charge in [0, 0.05) is 24.5 Å². The maximum Gasteiger partial charge on any atom is 0.407 e. The maximum absolute atomic E-state index is 15.9. The number of carbonyl (C=O) groups excluding carboxylic acids is 1. The zero-order valence-corrected chi connectivity index (χ0v) is 25.7. The van der Waals surface area contributed by atoms with Crippen molar-refractivity contribution in [3.63, 3.8) is 0 Å². The molecule has 1 amide bonds. The molecule has 242 valence electrons. The molecule has 0 unspecified atom stereocenters. The van der Waals surface area contributed by atoms with Crippen molar-refractivity contribution in [1.29, 1.82) is 5.26 Å². The van der Waals surface area contributed by atoms with Crippen molar-refractivity contribution < 1.29 is 27.1 Å². The molecule has 0 bridgehead atoms. The Kier molecular flexibility index (Phi) is 8.99. The van der Waals surface area contributed by atoms with E-state index in [-0.39, 0.29) is 54.6 Å². The lowest BCUT2D eigenvalue weighted by Crippen LogP contribution is -2.65. The third-order valence-corrected chi connectivity index (χ3v) is 10.7. The van der Waals surface area contributed by atoms with Gasteiger partial charge < -0.3 is 19.9 Å². The van der Waals surface area contributed by atoms with Crippen LogP contribution in [0.3, 0.4) is 0 Å². The first kappa shape index (κ1) is 31.6. The van der Waals surface area contributed by atoms with Crippen molar-refractivity contribution >= 4 is 11.8 Å². The van der Waals surface area contributed by atoms with Crippen LogP contribution in [0.1, 0.15) is 49.7 Å². The molecule has 4 aliphatic rings. The van der Waals surface area contributed by atoms with Crippen molar-refractivity contribution in [3.8, 4) is 6.07 Å². The van der Waals surface area contributed by atoms with E-state index < -0.39 is 28.8 Å². The van der Waals surface area contributed by atoms with Gasteiger partial charge in [-0.15, -0.1) is 0 Å². The molecule has 3 saturated heterocycles. The van der Waals surface area contributed by atoms with Crippen LogP contribution >= 0.6 is 0 Å². The van der Waals surface area contributed by atoms with Gasteiger partial charge in [0.15, 0.2) is 17.3 Å². The number of nitrogens with zero attached hydrogens (tertiary/aromatic N) is 4. The fourth-order valence-electron chi connectivity index (χ4n) is 8.57. The molecular formula is C34H41F4N5O2. The second-order valence-electron chi connectivity index (χ2n) is 13.4. The Morgan fingerprint density at radius 3 is 2.33 bits per heavy atom. The number of likely N-dealkylation sites (tertiary alicyclic amines) is 2. The number of benzene rings is 2. The average molecular weight is 628 g/mol. The number of anilines is 1. The van der Waals surface area contributed by atoms with Crippen molar-refractivity contribution in [2.75, 3.05) is 64.4 Å². The lowest BCUT2D eigenvalue weighted by Gasteiger charge is -2.54. The highest BCUT2D eigenvalue weighted by Gasteiger charge is 2.54. The van der Waals surface area contributed by atoms with Gasteiger partial charge in [-0.25, -0.2) is 22.4 Å². The summed E-state index contributed by atoms with van der Waals surface area (Å²) in [5.74, 6) is -1.75. The van der Waals surface area contributed by atoms with E-state index in [1.165, 1.54) is 18.1 Å². The Morgan fingerprint density at radius 2 is 1.73 bits per heavy atom. The average Bonchev–Trinajstić information content (AvgIpc) is 3.44. The molecule has 2 aromatic rings. The number of piperidine rings is 1. The largest absolute Gasteiger partial charge is 0.453 e. The SMILES string of the molecule is COC(=O)N[C@H]1CCC[C@@H]1[C@](CN1CCC1)(c1cccc(F)c1)C1CCN(CC2(F)CN(c3c(F)cc(C#N)cc3F)C2)CC1. The summed E-state index contributed by atoms with van der Waals surface area (Å²) in [5.41, 5.74) is -1.48. The topological polar surface area (TPSA) is 71.8 Å². The molecule has 1 N–H and O–H groups in total. The van der Waals surface area contributed by atoms with E-state index in [1.54, 1.807) is 18.2 Å². The number of hydrogen-bond acceptors (Lipinski definition) is 6. The smallest absolute Gasteiger partial charge is 0.407 e. The van der Waals surface area contributed by atoms with E-state index in [2.05, 4.69) is 15.1 Å². The molecule has 11 heteroatoms. The van der Waals surface area contributed by atoms with Crippen molar-refractivity contribution in [2.45, 2.75) is 55.7 Å². The molecule has 3 atom stereocenters. The van der Waals surface area contributed by atoms with Gasteiger partial charge >= 0.3 is 6.09 Å². The first-order chi connectivity index (χ1) is 21.6. The highest BCUT2D eigenvalue weighted by Crippen LogP contribution is 2.51. The summed E-state index contributed by atoms with van der Waals surface area (Å²) < 4.78 is 64.8. The van der Waals surface area contributed by atoms with Crippen molar-refractivity contribution in [1.82, 2.24) is 15.1 Å². The van der Waals surface area contributed by atoms with Crippen LogP contribution in [0.4, 0.5) is 28.0 Å². The first-order valence-electron chi connectivity index (χ1n) is 16.0. The van der Waals surface area contributed by atoms with Gasteiger partial charge in [0.05, 0.1) is 31.8 Å². The quantitative estimate of drug-likeness (QED) is 0.377. The predicted molar refractivity (Wildman–Crippen MR) is 162 cm³/mol. The van der Waals surface area contributed by atoms with Gasteiger partial charge in [0.2, 0.25) is 0 Å². The maximum atomic E-state index is 15.9. The molecule has 2 aromatic carbocycles. The molecule has 45 heavy (non-hydrogen) atoms. The molecule has 3 aliphatic heterocycles. The van der Waals surface area contributed by atoms with Crippen LogP contribution in [0.25, 0.3) is 0 Å². The number of nitrogens with one attached hydrogen (secondary N) is 1. The van der Waals surface area contributed by atoms with Gasteiger partial charge in [-0.2, -0.15) is 5.26 Å². The van der Waals surface area contributed by atoms with Crippen molar-refractivity contribution in [3.05, 3.63) is 65.0 Å². The highest BCUT2D eigenvalue weighted by molar-refractivity contribution is 5.67. The van der Waals surface area contributed by atoms with Crippen LogP contribution in [0, 0.1) is 40.6 Å². The second kappa shape index (κ2) is 12.8. The molecule has 3 heterocycles. The highest BCUT2D eigenvalue weighted by atomic mass is 19.1. The molecule has 4 fully saturated rings. The lowest BCUT2D eigenvalue weighted by atomic mass is 9.57. The minimum Gasteiger partial charge on any atom is -0.453 e. The summed E-state index contributed by atoms with van der Waals surface area (Å²) in [6.45, 7) is 3.94. The van der Waals surface area contributed by atoms with E-state index in [4.69, 9.17) is 10.00 Å². The molecule has 6 rings (SSSR count). The van der Waals surface area contributed by atoms with Gasteiger partial charge in [0.25, 0.3) is 0 Å². The van der Waals surface area contributed by atoms with Gasteiger partial charge in [-0.05, 0) is 99.9 Å². The number of rotatable bonds is 9. The number of nitriles is 1. The van der Waals surface area contributed by atoms with Crippen LogP contribution in [0.5, 0.6) is 0 Å². The number of amides is 1. The van der Waals surface area contributed by atoms with E-state index in [9.17, 15) is 18.0 Å². The third kappa shape index (κ3) is 6.24. The van der Waals surface area contributed by atoms with E-state index in [0.717, 1.165) is 75.9 Å². The molecular weight excluding hydrogens is 586 g/mol. The Morgan fingerprint density at radius 1 is 1.02 bits per heavy atom. The number of hydrogen-bond donors (Lipinski definition) is 1. The normalized spacial score (nSPS) is 25.1. The molecule has 0 spiro atoms. The predicted octanol–water partition coefficient (Wildman–Crippen LogP) is 5.38. The fraction of sp³-hybridized carbons (Fsp3) is 0.588. The first-order valence-corrected chi connectivity index (χ1v) is 16.0. The van der Waals surface area contributed by atoms with E-state index in [1.807, 2.05) is 6.07 Å². The minimum absolute atomic E-state index is 0.0838. The van der Waals surface area contributed by atoms with E-state index >= 15 is 4.39 Å². The van der Waals surface area contributed by atoms with Gasteiger partial charge in [-0.1, -0.05) is 18.6 Å². The summed E-state index contributed by atoms with van der Waals surface area (Å²) in [4.78, 5) is 18.3. The monoisotopic (exact) mass is 627 g/mol. The standard InChI is InChI=1S/C34H41F4N5O2/c1-45-32(44)40-30-8-3-7-27(30)34(22-41-11-4-12-41,25-5-2-6-26(35)17-25)24-9-13-42(14-10-24)19-33(38)20-43(21-33)31-28(36)15-23(18-39)16-29(31)37/h2,5-6,15-17,24,27,30H,3-4,7-14,19-22H2,1H3,(H,40,44)/t27-,30-,34-/m0/s1. The Balaban J connectivity index is 1.20. The van der Waals surface area contributed by atoms with Gasteiger partial charge in [-0.3, -0.25) is 4.90 Å². The number of alkyl carbamates (subject to hydrolysis) is 1. The molecule has 0 aromatic heterocycles. The number of carbonyl (C=O) groups is 1. The number of halogens is 4. The molecule has 7 nitrogen and oxygen atoms in total. The van der Waals surface area contributed by atoms with Crippen LogP contribution in [-0.4, -0.2) is 87.1 Å². The summed E-state index contributed by atoms with van der Waals surface area (Å²) in [6, 6.07) is 10.5. The minimum atomic E-state index is -1.61. The Bertz CT molecular complexity index is 1410. The summed E-state index contributed by atoms with van der Waals surface area (Å²) in [6.07, 6.45) is 4.92. The summed E-state index contributed by atoms with van der Waals surface area (Å²) in [5, 5.41) is 12.1. The number of methoxy groups -OCH3 is 1. The lowest BCUT2D eigenvalue weighted by molar-refractivity contribution is 0.00566. The number of ether oxygens (including phenoxy) is 1. The summed E-state index contributed by atoms with van der Waals surface area (Å²) >= 11 is 0. The zero-order chi connectivity index (χ0) is 31.8. The third-order valence-electron chi connectivity index (χ3n) is 10.7. The Hall–Kier alpha value is -3.36.